The molecule has 0 bridgehead atoms. The predicted molar refractivity (Wildman–Crippen MR) is 13.1 cm³/mol. The van der Waals surface area contributed by atoms with Crippen molar-refractivity contribution in [2.24, 2.45) is 0 Å². The van der Waals surface area contributed by atoms with Crippen LogP contribution < -0.4 is 0 Å². The third-order valence-electron chi connectivity index (χ3n) is 0.451. The van der Waals surface area contributed by atoms with E-state index < -0.39 is 12.8 Å². The number of ether oxygens (including phenoxy) is 1. The second-order valence-corrected chi connectivity index (χ2v) is 1.04. The Bertz CT molecular complexity index is 94.5. The van der Waals surface area contributed by atoms with Crippen molar-refractivity contribution < 1.29 is 27.7 Å². The molecule has 8 heavy (non-hydrogen) atoms. The van der Waals surface area contributed by atoms with Gasteiger partial charge in [0.2, 0.25) is 0 Å². The topological polar surface area (TPSA) is 27.7 Å². The summed E-state index contributed by atoms with van der Waals surface area (Å²) in [5.74, 6) is 0. The molecule has 1 atom stereocenters. The van der Waals surface area contributed by atoms with Crippen molar-refractivity contribution in [1.82, 2.24) is 0 Å². The van der Waals surface area contributed by atoms with Gasteiger partial charge in [0.25, 0.3) is 0 Å². The van der Waals surface area contributed by atoms with Gasteiger partial charge in [0.15, 0.2) is 0 Å². The van der Waals surface area contributed by atoms with Gasteiger partial charge in [-0.05, 0) is 0 Å². The maximum absolute atomic E-state index is 11.4. The van der Waals surface area contributed by atoms with E-state index in [1.807, 2.05) is 0 Å². The Labute approximate surface area is 41.9 Å². The first-order chi connectivity index (χ1) is 3.60. The SMILES string of the molecule is FC1OOC(F)(F)O1. The van der Waals surface area contributed by atoms with E-state index in [-0.39, 0.29) is 0 Å². The van der Waals surface area contributed by atoms with Crippen LogP contribution >= 0.6 is 0 Å². The van der Waals surface area contributed by atoms with E-state index >= 15 is 0 Å². The van der Waals surface area contributed by atoms with Gasteiger partial charge in [0.1, 0.15) is 0 Å². The molecule has 6 heteroatoms. The van der Waals surface area contributed by atoms with Gasteiger partial charge in [0, 0.05) is 0 Å². The molecule has 1 heterocycles. The van der Waals surface area contributed by atoms with Crippen molar-refractivity contribution >= 4 is 0 Å². The van der Waals surface area contributed by atoms with E-state index in [4.69, 9.17) is 0 Å². The molecular weight excluding hydrogens is 129 g/mol. The van der Waals surface area contributed by atoms with E-state index in [0.717, 1.165) is 0 Å². The largest absolute Gasteiger partial charge is 0.517 e. The molecule has 0 radical (unpaired) electrons. The summed E-state index contributed by atoms with van der Waals surface area (Å²) in [6, 6.07) is 0. The molecule has 0 aromatic rings. The third-order valence-corrected chi connectivity index (χ3v) is 0.451. The standard InChI is InChI=1S/C2HF3O3/c3-1-6-2(4,5)8-7-1/h1H. The lowest BCUT2D eigenvalue weighted by Crippen LogP contribution is -2.15. The third kappa shape index (κ3) is 1.09. The Morgan fingerprint density at radius 3 is 2.12 bits per heavy atom. The van der Waals surface area contributed by atoms with E-state index in [2.05, 4.69) is 14.5 Å². The molecule has 1 saturated heterocycles. The Morgan fingerprint density at radius 2 is 2.00 bits per heavy atom. The van der Waals surface area contributed by atoms with Crippen molar-refractivity contribution in [3.8, 4) is 0 Å². The fourth-order valence-corrected chi connectivity index (χ4v) is 0.241. The molecule has 0 aromatic carbocycles. The minimum absolute atomic E-state index is 2.48. The zero-order chi connectivity index (χ0) is 6.20. The number of rotatable bonds is 0. The Morgan fingerprint density at radius 1 is 1.38 bits per heavy atom. The first kappa shape index (κ1) is 5.80. The first-order valence-electron chi connectivity index (χ1n) is 1.64. The molecule has 1 unspecified atom stereocenters. The molecule has 0 amide bonds. The van der Waals surface area contributed by atoms with Crippen LogP contribution in [0.1, 0.15) is 0 Å². The van der Waals surface area contributed by atoms with Gasteiger partial charge in [-0.3, -0.25) is 0 Å². The average Bonchev–Trinajstić information content (AvgIpc) is 1.82. The quantitative estimate of drug-likeness (QED) is 0.453. The van der Waals surface area contributed by atoms with Crippen LogP contribution in [0.5, 0.6) is 0 Å². The predicted octanol–water partition coefficient (Wildman–Crippen LogP) is 0.768. The number of hydrogen-bond donors (Lipinski definition) is 0. The lowest BCUT2D eigenvalue weighted by Gasteiger charge is -1.97. The van der Waals surface area contributed by atoms with Crippen LogP contribution in [0.15, 0.2) is 0 Å². The molecule has 0 spiro atoms. The maximum Gasteiger partial charge on any atom is 0.517 e. The highest BCUT2D eigenvalue weighted by molar-refractivity contribution is 4.31. The normalized spacial score (nSPS) is 35.6. The Kier molecular flexibility index (Phi) is 1.14. The van der Waals surface area contributed by atoms with E-state index in [1.165, 1.54) is 0 Å². The van der Waals surface area contributed by atoms with Crippen LogP contribution in [0.4, 0.5) is 13.2 Å². The summed E-state index contributed by atoms with van der Waals surface area (Å²) in [5, 5.41) is 0. The van der Waals surface area contributed by atoms with E-state index in [9.17, 15) is 13.2 Å². The smallest absolute Gasteiger partial charge is 0.232 e. The summed E-state index contributed by atoms with van der Waals surface area (Å²) >= 11 is 0. The first-order valence-corrected chi connectivity index (χ1v) is 1.64. The Hall–Kier alpha value is -0.330. The van der Waals surface area contributed by atoms with E-state index in [0.29, 0.717) is 0 Å². The molecule has 1 aliphatic rings. The summed E-state index contributed by atoms with van der Waals surface area (Å²) in [4.78, 5) is 6.25. The Balaban J connectivity index is 2.44. The second kappa shape index (κ2) is 1.57. The minimum Gasteiger partial charge on any atom is -0.232 e. The molecule has 1 aliphatic heterocycles. The second-order valence-electron chi connectivity index (χ2n) is 1.04. The van der Waals surface area contributed by atoms with Crippen LogP contribution in [0.3, 0.4) is 0 Å². The van der Waals surface area contributed by atoms with Gasteiger partial charge < -0.3 is 0 Å². The van der Waals surface area contributed by atoms with Crippen molar-refractivity contribution in [3.63, 3.8) is 0 Å². The zero-order valence-corrected chi connectivity index (χ0v) is 3.44. The summed E-state index contributed by atoms with van der Waals surface area (Å²) in [7, 11) is 0. The maximum atomic E-state index is 11.4. The zero-order valence-electron chi connectivity index (χ0n) is 3.44. The van der Waals surface area contributed by atoms with Gasteiger partial charge >= 0.3 is 12.8 Å². The van der Waals surface area contributed by atoms with Crippen LogP contribution in [0, 0.1) is 0 Å². The molecule has 3 nitrogen and oxygen atoms in total. The number of hydrogen-bond acceptors (Lipinski definition) is 3. The van der Waals surface area contributed by atoms with E-state index in [1.54, 1.807) is 0 Å². The summed E-state index contributed by atoms with van der Waals surface area (Å²) < 4.78 is 37.2. The molecule has 1 fully saturated rings. The average molecular weight is 130 g/mol. The summed E-state index contributed by atoms with van der Waals surface area (Å²) in [6.07, 6.45) is -3.93. The molecule has 1 rings (SSSR count). The monoisotopic (exact) mass is 130 g/mol. The molecule has 48 valence electrons. The van der Waals surface area contributed by atoms with Crippen molar-refractivity contribution in [2.45, 2.75) is 12.8 Å². The molecule has 0 N–H and O–H groups in total. The van der Waals surface area contributed by atoms with Crippen LogP contribution in [0.25, 0.3) is 0 Å². The van der Waals surface area contributed by atoms with Crippen molar-refractivity contribution in [2.75, 3.05) is 0 Å². The van der Waals surface area contributed by atoms with Crippen molar-refractivity contribution in [3.05, 3.63) is 0 Å². The lowest BCUT2D eigenvalue weighted by molar-refractivity contribution is -0.426. The van der Waals surface area contributed by atoms with Crippen LogP contribution in [0.2, 0.25) is 0 Å². The van der Waals surface area contributed by atoms with Gasteiger partial charge in [-0.25, -0.2) is 4.74 Å². The molecule has 0 saturated carbocycles. The highest BCUT2D eigenvalue weighted by Gasteiger charge is 2.45. The fourth-order valence-electron chi connectivity index (χ4n) is 0.241. The van der Waals surface area contributed by atoms with Crippen LogP contribution in [-0.4, -0.2) is 12.8 Å². The summed E-state index contributed by atoms with van der Waals surface area (Å²) in [5.41, 5.74) is 0. The summed E-state index contributed by atoms with van der Waals surface area (Å²) in [6.45, 7) is -2.48. The van der Waals surface area contributed by atoms with Crippen LogP contribution in [-0.2, 0) is 14.5 Å². The highest BCUT2D eigenvalue weighted by Crippen LogP contribution is 2.27. The molecular formula is C2HF3O3. The molecule has 0 aliphatic carbocycles. The van der Waals surface area contributed by atoms with Gasteiger partial charge in [-0.2, -0.15) is 9.28 Å². The van der Waals surface area contributed by atoms with Gasteiger partial charge in [-0.15, -0.1) is 13.7 Å². The van der Waals surface area contributed by atoms with Gasteiger partial charge in [0.05, 0.1) is 0 Å². The van der Waals surface area contributed by atoms with Gasteiger partial charge in [-0.1, -0.05) is 0 Å². The highest BCUT2D eigenvalue weighted by atomic mass is 19.3. The lowest BCUT2D eigenvalue weighted by atomic mass is 11.2. The molecule has 0 aromatic heterocycles. The fraction of sp³-hybridized carbons (Fsp3) is 1.00. The number of alkyl halides is 3. The number of halogens is 3. The minimum atomic E-state index is -3.93. The van der Waals surface area contributed by atoms with Crippen molar-refractivity contribution in [1.29, 1.82) is 0 Å².